The molecule has 2 nitrogen and oxygen atoms in total. The zero-order chi connectivity index (χ0) is 11.5. The second kappa shape index (κ2) is 4.27. The molecule has 1 heterocycles. The van der Waals surface area contributed by atoms with Crippen molar-refractivity contribution in [2.45, 2.75) is 13.8 Å². The van der Waals surface area contributed by atoms with Gasteiger partial charge in [-0.2, -0.15) is 0 Å². The number of phenols is 1. The van der Waals surface area contributed by atoms with Crippen molar-refractivity contribution in [2.24, 2.45) is 0 Å². The van der Waals surface area contributed by atoms with E-state index in [1.54, 1.807) is 0 Å². The van der Waals surface area contributed by atoms with Crippen LogP contribution in [0.3, 0.4) is 0 Å². The fourth-order valence-electron chi connectivity index (χ4n) is 1.42. The molecule has 16 heavy (non-hydrogen) atoms. The first kappa shape index (κ1) is 10.6. The number of rotatable bonds is 0. The number of benzene rings is 2. The van der Waals surface area contributed by atoms with Crippen LogP contribution in [0.1, 0.15) is 11.1 Å². The van der Waals surface area contributed by atoms with Gasteiger partial charge in [-0.25, -0.2) is 0 Å². The molecule has 0 unspecified atom stereocenters. The lowest BCUT2D eigenvalue weighted by Crippen LogP contribution is -1.76. The number of fused-ring (bicyclic) bond motifs is 1. The van der Waals surface area contributed by atoms with Gasteiger partial charge in [0.05, 0.1) is 0 Å². The topological polar surface area (TPSA) is 32.8 Å². The molecule has 0 saturated heterocycles. The van der Waals surface area contributed by atoms with E-state index in [1.807, 2.05) is 56.3 Å². The SMILES string of the molecule is Cc1cccc(C)c1O.c1ccc2c(c1)O2. The van der Waals surface area contributed by atoms with Gasteiger partial charge in [-0.15, -0.1) is 0 Å². The zero-order valence-electron chi connectivity index (χ0n) is 9.40. The van der Waals surface area contributed by atoms with Gasteiger partial charge in [0.2, 0.25) is 0 Å². The van der Waals surface area contributed by atoms with Gasteiger partial charge >= 0.3 is 0 Å². The summed E-state index contributed by atoms with van der Waals surface area (Å²) in [6.45, 7) is 3.78. The van der Waals surface area contributed by atoms with E-state index < -0.39 is 0 Å². The second-order valence-electron chi connectivity index (χ2n) is 3.79. The Balaban J connectivity index is 0.000000123. The molecular formula is C14H14O2. The summed E-state index contributed by atoms with van der Waals surface area (Å²) in [5.41, 5.74) is 1.88. The number of hydrogen-bond donors (Lipinski definition) is 1. The van der Waals surface area contributed by atoms with Gasteiger partial charge in [0.15, 0.2) is 11.5 Å². The van der Waals surface area contributed by atoms with Crippen LogP contribution in [0.5, 0.6) is 17.2 Å². The predicted octanol–water partition coefficient (Wildman–Crippen LogP) is 3.80. The third kappa shape index (κ3) is 2.34. The van der Waals surface area contributed by atoms with E-state index in [1.165, 1.54) is 0 Å². The molecule has 1 aliphatic rings. The summed E-state index contributed by atoms with van der Waals surface area (Å²) in [4.78, 5) is 0. The first-order valence-electron chi connectivity index (χ1n) is 5.20. The number of para-hydroxylation sites is 3. The Hall–Kier alpha value is -1.96. The molecule has 82 valence electrons. The van der Waals surface area contributed by atoms with Gasteiger partial charge in [-0.1, -0.05) is 30.3 Å². The van der Waals surface area contributed by atoms with Crippen LogP contribution >= 0.6 is 0 Å². The van der Waals surface area contributed by atoms with Crippen molar-refractivity contribution < 1.29 is 9.84 Å². The van der Waals surface area contributed by atoms with Crippen LogP contribution in [0.15, 0.2) is 42.5 Å². The van der Waals surface area contributed by atoms with Gasteiger partial charge in [-0.3, -0.25) is 0 Å². The highest BCUT2D eigenvalue weighted by Crippen LogP contribution is 2.43. The van der Waals surface area contributed by atoms with E-state index in [4.69, 9.17) is 4.74 Å². The number of aromatic hydroxyl groups is 1. The van der Waals surface area contributed by atoms with Crippen LogP contribution in [-0.2, 0) is 0 Å². The highest BCUT2D eigenvalue weighted by atomic mass is 16.6. The quantitative estimate of drug-likeness (QED) is 0.577. The lowest BCUT2D eigenvalue weighted by molar-refractivity contribution is 0.467. The van der Waals surface area contributed by atoms with Crippen LogP contribution in [0, 0.1) is 13.8 Å². The average molecular weight is 214 g/mol. The van der Waals surface area contributed by atoms with Gasteiger partial charge in [0, 0.05) is 0 Å². The number of aryl methyl sites for hydroxylation is 2. The number of phenolic OH excluding ortho intramolecular Hbond substituents is 1. The van der Waals surface area contributed by atoms with E-state index in [0.717, 1.165) is 22.6 Å². The van der Waals surface area contributed by atoms with Gasteiger partial charge in [0.25, 0.3) is 0 Å². The maximum absolute atomic E-state index is 9.21. The van der Waals surface area contributed by atoms with E-state index in [0.29, 0.717) is 5.75 Å². The maximum Gasteiger partial charge on any atom is 0.170 e. The van der Waals surface area contributed by atoms with Gasteiger partial charge in [-0.05, 0) is 37.1 Å². The van der Waals surface area contributed by atoms with Crippen molar-refractivity contribution in [3.63, 3.8) is 0 Å². The molecule has 0 aromatic heterocycles. The molecular weight excluding hydrogens is 200 g/mol. The zero-order valence-corrected chi connectivity index (χ0v) is 9.40. The van der Waals surface area contributed by atoms with Crippen LogP contribution in [0.25, 0.3) is 0 Å². The molecule has 2 aromatic carbocycles. The third-order valence-electron chi connectivity index (χ3n) is 2.47. The fourth-order valence-corrected chi connectivity index (χ4v) is 1.42. The molecule has 0 saturated carbocycles. The average Bonchev–Trinajstić information content (AvgIpc) is 3.05. The highest BCUT2D eigenvalue weighted by Gasteiger charge is 2.15. The molecule has 1 aliphatic heterocycles. The Labute approximate surface area is 95.1 Å². The van der Waals surface area contributed by atoms with Crippen molar-refractivity contribution in [3.05, 3.63) is 53.6 Å². The van der Waals surface area contributed by atoms with Crippen molar-refractivity contribution >= 4 is 0 Å². The lowest BCUT2D eigenvalue weighted by atomic mass is 10.1. The van der Waals surface area contributed by atoms with Gasteiger partial charge < -0.3 is 9.84 Å². The summed E-state index contributed by atoms with van der Waals surface area (Å²) in [5, 5.41) is 9.21. The number of ether oxygens (including phenoxy) is 1. The summed E-state index contributed by atoms with van der Waals surface area (Å²) in [6, 6.07) is 13.6. The maximum atomic E-state index is 9.21. The first-order chi connectivity index (χ1) is 7.68. The smallest absolute Gasteiger partial charge is 0.170 e. The lowest BCUT2D eigenvalue weighted by Gasteiger charge is -1.99. The van der Waals surface area contributed by atoms with Gasteiger partial charge in [0.1, 0.15) is 5.75 Å². The van der Waals surface area contributed by atoms with E-state index in [-0.39, 0.29) is 0 Å². The summed E-state index contributed by atoms with van der Waals surface area (Å²) < 4.78 is 4.94. The molecule has 0 atom stereocenters. The first-order valence-corrected chi connectivity index (χ1v) is 5.20. The monoisotopic (exact) mass is 214 g/mol. The second-order valence-corrected chi connectivity index (χ2v) is 3.79. The van der Waals surface area contributed by atoms with Crippen molar-refractivity contribution in [1.29, 1.82) is 0 Å². The van der Waals surface area contributed by atoms with Crippen LogP contribution in [0.2, 0.25) is 0 Å². The van der Waals surface area contributed by atoms with Crippen LogP contribution in [-0.4, -0.2) is 5.11 Å². The fraction of sp³-hybridized carbons (Fsp3) is 0.143. The summed E-state index contributed by atoms with van der Waals surface area (Å²) >= 11 is 0. The molecule has 2 aromatic rings. The Bertz CT molecular complexity index is 463. The van der Waals surface area contributed by atoms with Crippen molar-refractivity contribution in [1.82, 2.24) is 0 Å². The number of hydrogen-bond acceptors (Lipinski definition) is 2. The van der Waals surface area contributed by atoms with E-state index in [9.17, 15) is 5.11 Å². The molecule has 1 N–H and O–H groups in total. The summed E-state index contributed by atoms with van der Waals surface area (Å²) in [5.74, 6) is 2.47. The summed E-state index contributed by atoms with van der Waals surface area (Å²) in [6.07, 6.45) is 0. The molecule has 0 aliphatic carbocycles. The van der Waals surface area contributed by atoms with Crippen molar-refractivity contribution in [2.75, 3.05) is 0 Å². The molecule has 0 fully saturated rings. The van der Waals surface area contributed by atoms with Crippen LogP contribution in [0.4, 0.5) is 0 Å². The van der Waals surface area contributed by atoms with Crippen LogP contribution < -0.4 is 4.74 Å². The highest BCUT2D eigenvalue weighted by molar-refractivity contribution is 5.53. The minimum Gasteiger partial charge on any atom is -0.507 e. The Morgan fingerprint density at radius 3 is 1.69 bits per heavy atom. The Morgan fingerprint density at radius 2 is 1.31 bits per heavy atom. The third-order valence-corrected chi connectivity index (χ3v) is 2.47. The Kier molecular flexibility index (Phi) is 2.82. The minimum atomic E-state index is 0.414. The molecule has 0 radical (unpaired) electrons. The molecule has 3 rings (SSSR count). The molecule has 2 heteroatoms. The van der Waals surface area contributed by atoms with E-state index in [2.05, 4.69) is 0 Å². The Morgan fingerprint density at radius 1 is 0.812 bits per heavy atom. The minimum absolute atomic E-state index is 0.414. The normalized spacial score (nSPS) is 10.6. The largest absolute Gasteiger partial charge is 0.507 e. The van der Waals surface area contributed by atoms with Crippen molar-refractivity contribution in [3.8, 4) is 17.2 Å². The summed E-state index contributed by atoms with van der Waals surface area (Å²) in [7, 11) is 0. The predicted molar refractivity (Wildman–Crippen MR) is 64.1 cm³/mol. The standard InChI is InChI=1S/C8H10O.C6H4O/c1-6-4-3-5-7(2)8(6)9;1-2-4-6-5(3-1)7-6/h3-5,9H,1-2H3;1-4H. The molecule has 0 spiro atoms. The molecule has 0 amide bonds. The molecule has 0 bridgehead atoms. The van der Waals surface area contributed by atoms with E-state index >= 15 is 0 Å².